The molecule has 0 saturated carbocycles. The first-order valence-corrected chi connectivity index (χ1v) is 12.4. The van der Waals surface area contributed by atoms with Crippen molar-refractivity contribution in [1.29, 1.82) is 0 Å². The van der Waals surface area contributed by atoms with Gasteiger partial charge in [0, 0.05) is 38.3 Å². The summed E-state index contributed by atoms with van der Waals surface area (Å²) in [5, 5.41) is 3.00. The van der Waals surface area contributed by atoms with Crippen LogP contribution in [0.15, 0.2) is 53.4 Å². The van der Waals surface area contributed by atoms with Crippen LogP contribution in [0.4, 0.5) is 4.39 Å². The van der Waals surface area contributed by atoms with Gasteiger partial charge in [0.2, 0.25) is 10.0 Å². The fourth-order valence-electron chi connectivity index (χ4n) is 3.97. The van der Waals surface area contributed by atoms with Crippen molar-refractivity contribution >= 4 is 15.9 Å². The van der Waals surface area contributed by atoms with E-state index in [1.165, 1.54) is 10.4 Å². The van der Waals surface area contributed by atoms with Crippen LogP contribution >= 0.6 is 0 Å². The maximum atomic E-state index is 14.5. The number of hydrogen-bond acceptors (Lipinski definition) is 6. The van der Waals surface area contributed by atoms with Crippen molar-refractivity contribution in [2.75, 3.05) is 59.2 Å². The van der Waals surface area contributed by atoms with E-state index in [0.29, 0.717) is 19.8 Å². The van der Waals surface area contributed by atoms with E-state index in [2.05, 4.69) is 10.2 Å². The smallest absolute Gasteiger partial charge is 0.251 e. The third-order valence-electron chi connectivity index (χ3n) is 5.83. The summed E-state index contributed by atoms with van der Waals surface area (Å²) in [5.74, 6) is -1.35. The van der Waals surface area contributed by atoms with Gasteiger partial charge >= 0.3 is 0 Å². The zero-order valence-electron chi connectivity index (χ0n) is 18.3. The van der Waals surface area contributed by atoms with Crippen LogP contribution in [0.1, 0.15) is 22.0 Å². The molecule has 2 aromatic rings. The summed E-state index contributed by atoms with van der Waals surface area (Å²) in [6.07, 6.45) is 0. The van der Waals surface area contributed by atoms with E-state index in [1.54, 1.807) is 0 Å². The van der Waals surface area contributed by atoms with Crippen LogP contribution in [0.25, 0.3) is 0 Å². The predicted molar refractivity (Wildman–Crippen MR) is 120 cm³/mol. The van der Waals surface area contributed by atoms with E-state index in [9.17, 15) is 17.6 Å². The highest BCUT2D eigenvalue weighted by Crippen LogP contribution is 2.23. The van der Waals surface area contributed by atoms with E-state index in [4.69, 9.17) is 9.47 Å². The normalized spacial score (nSPS) is 19.2. The fraction of sp³-hybridized carbons (Fsp3) is 0.435. The first-order chi connectivity index (χ1) is 15.9. The van der Waals surface area contributed by atoms with Crippen LogP contribution in [0, 0.1) is 5.82 Å². The van der Waals surface area contributed by atoms with E-state index < -0.39 is 26.6 Å². The highest BCUT2D eigenvalue weighted by atomic mass is 32.2. The number of hydrogen-bond donors (Lipinski definition) is 1. The Morgan fingerprint density at radius 3 is 2.27 bits per heavy atom. The lowest BCUT2D eigenvalue weighted by Crippen LogP contribution is -2.43. The number of halogens is 1. The number of rotatable bonds is 7. The van der Waals surface area contributed by atoms with Crippen LogP contribution in [-0.2, 0) is 19.5 Å². The van der Waals surface area contributed by atoms with Gasteiger partial charge < -0.3 is 14.8 Å². The molecule has 0 aliphatic carbocycles. The SMILES string of the molecule is O=C(N[C@H](CN1CCOCC1)c1ccccc1)c1ccc(F)c(S(=O)(=O)N2CCOCC2)c1. The zero-order chi connectivity index (χ0) is 23.3. The second kappa shape index (κ2) is 10.7. The monoisotopic (exact) mass is 477 g/mol. The number of nitrogens with one attached hydrogen (secondary N) is 1. The molecule has 1 N–H and O–H groups in total. The molecule has 0 unspecified atom stereocenters. The van der Waals surface area contributed by atoms with Gasteiger partial charge in [0.25, 0.3) is 5.91 Å². The van der Waals surface area contributed by atoms with Crippen LogP contribution in [0.5, 0.6) is 0 Å². The van der Waals surface area contributed by atoms with E-state index in [1.807, 2.05) is 30.3 Å². The van der Waals surface area contributed by atoms with Gasteiger partial charge in [-0.2, -0.15) is 4.31 Å². The maximum Gasteiger partial charge on any atom is 0.251 e. The van der Waals surface area contributed by atoms with Crippen LogP contribution in [0.3, 0.4) is 0 Å². The van der Waals surface area contributed by atoms with Crippen molar-refractivity contribution < 1.29 is 27.1 Å². The Morgan fingerprint density at radius 1 is 0.970 bits per heavy atom. The van der Waals surface area contributed by atoms with Crippen LogP contribution in [-0.4, -0.2) is 82.7 Å². The molecule has 8 nitrogen and oxygen atoms in total. The molecule has 0 spiro atoms. The molecule has 33 heavy (non-hydrogen) atoms. The van der Waals surface area contributed by atoms with Gasteiger partial charge in [-0.3, -0.25) is 9.69 Å². The molecule has 1 atom stereocenters. The average molecular weight is 478 g/mol. The van der Waals surface area contributed by atoms with Crippen molar-refractivity contribution in [1.82, 2.24) is 14.5 Å². The molecule has 2 aromatic carbocycles. The van der Waals surface area contributed by atoms with Crippen LogP contribution < -0.4 is 5.32 Å². The number of nitrogens with zero attached hydrogens (tertiary/aromatic N) is 2. The molecule has 10 heteroatoms. The number of morpholine rings is 2. The summed E-state index contributed by atoms with van der Waals surface area (Å²) in [6, 6.07) is 12.7. The molecule has 2 saturated heterocycles. The summed E-state index contributed by atoms with van der Waals surface area (Å²) >= 11 is 0. The van der Waals surface area contributed by atoms with Gasteiger partial charge in [-0.1, -0.05) is 30.3 Å². The number of carbonyl (C=O) groups excluding carboxylic acids is 1. The minimum absolute atomic E-state index is 0.0890. The Balaban J connectivity index is 1.56. The summed E-state index contributed by atoms with van der Waals surface area (Å²) in [7, 11) is -4.08. The molecule has 0 bridgehead atoms. The number of carbonyl (C=O) groups is 1. The highest BCUT2D eigenvalue weighted by Gasteiger charge is 2.30. The Hall–Kier alpha value is -2.37. The van der Waals surface area contributed by atoms with E-state index in [0.717, 1.165) is 30.8 Å². The second-order valence-electron chi connectivity index (χ2n) is 8.01. The number of ether oxygens (including phenoxy) is 2. The van der Waals surface area contributed by atoms with E-state index in [-0.39, 0.29) is 37.9 Å². The molecule has 4 rings (SSSR count). The molecule has 2 heterocycles. The largest absolute Gasteiger partial charge is 0.379 e. The number of benzene rings is 2. The standard InChI is InChI=1S/C23H28FN3O5S/c24-20-7-6-19(16-22(20)33(29,30)27-10-14-32-15-11-27)23(28)25-21(18-4-2-1-3-5-18)17-26-8-12-31-13-9-26/h1-7,16,21H,8-15,17H2,(H,25,28)/t21-/m1/s1. The topological polar surface area (TPSA) is 88.2 Å². The minimum Gasteiger partial charge on any atom is -0.379 e. The van der Waals surface area contributed by atoms with Gasteiger partial charge in [0.05, 0.1) is 32.5 Å². The van der Waals surface area contributed by atoms with Crippen LogP contribution in [0.2, 0.25) is 0 Å². The Bertz CT molecular complexity index is 1060. The summed E-state index contributed by atoms with van der Waals surface area (Å²) in [6.45, 7) is 4.17. The summed E-state index contributed by atoms with van der Waals surface area (Å²) in [4.78, 5) is 14.8. The second-order valence-corrected chi connectivity index (χ2v) is 9.92. The zero-order valence-corrected chi connectivity index (χ0v) is 19.1. The molecule has 1 amide bonds. The quantitative estimate of drug-likeness (QED) is 0.653. The van der Waals surface area contributed by atoms with Gasteiger partial charge in [-0.25, -0.2) is 12.8 Å². The first kappa shape index (κ1) is 23.8. The van der Waals surface area contributed by atoms with Crippen molar-refractivity contribution in [2.45, 2.75) is 10.9 Å². The first-order valence-electron chi connectivity index (χ1n) is 11.0. The summed E-state index contributed by atoms with van der Waals surface area (Å²) < 4.78 is 52.3. The van der Waals surface area contributed by atoms with Gasteiger partial charge in [0.15, 0.2) is 0 Å². The predicted octanol–water partition coefficient (Wildman–Crippen LogP) is 1.65. The molecule has 0 radical (unpaired) electrons. The molecule has 2 fully saturated rings. The number of amides is 1. The lowest BCUT2D eigenvalue weighted by Gasteiger charge is -2.31. The Kier molecular flexibility index (Phi) is 7.71. The van der Waals surface area contributed by atoms with Crippen molar-refractivity contribution in [3.63, 3.8) is 0 Å². The third-order valence-corrected chi connectivity index (χ3v) is 7.75. The molecular formula is C23H28FN3O5S. The average Bonchev–Trinajstić information content (AvgIpc) is 2.85. The maximum absolute atomic E-state index is 14.5. The molecular weight excluding hydrogens is 449 g/mol. The minimum atomic E-state index is -4.08. The van der Waals surface area contributed by atoms with Gasteiger partial charge in [0.1, 0.15) is 10.7 Å². The third kappa shape index (κ3) is 5.77. The highest BCUT2D eigenvalue weighted by molar-refractivity contribution is 7.89. The molecule has 0 aromatic heterocycles. The molecule has 178 valence electrons. The fourth-order valence-corrected chi connectivity index (χ4v) is 5.47. The van der Waals surface area contributed by atoms with Gasteiger partial charge in [-0.15, -0.1) is 0 Å². The molecule has 2 aliphatic heterocycles. The van der Waals surface area contributed by atoms with Gasteiger partial charge in [-0.05, 0) is 23.8 Å². The summed E-state index contributed by atoms with van der Waals surface area (Å²) in [5.41, 5.74) is 1.02. The lowest BCUT2D eigenvalue weighted by atomic mass is 10.1. The van der Waals surface area contributed by atoms with Crippen molar-refractivity contribution in [3.8, 4) is 0 Å². The Labute approximate surface area is 193 Å². The van der Waals surface area contributed by atoms with Crippen molar-refractivity contribution in [3.05, 3.63) is 65.5 Å². The Morgan fingerprint density at radius 2 is 1.61 bits per heavy atom. The van der Waals surface area contributed by atoms with Crippen molar-refractivity contribution in [2.24, 2.45) is 0 Å². The number of sulfonamides is 1. The lowest BCUT2D eigenvalue weighted by molar-refractivity contribution is 0.0332. The molecule has 2 aliphatic rings. The van der Waals surface area contributed by atoms with E-state index >= 15 is 0 Å².